The molecule has 0 saturated carbocycles. The lowest BCUT2D eigenvalue weighted by Gasteiger charge is -2.37. The summed E-state index contributed by atoms with van der Waals surface area (Å²) in [4.78, 5) is 28.8. The predicted molar refractivity (Wildman–Crippen MR) is 93.2 cm³/mol. The van der Waals surface area contributed by atoms with Gasteiger partial charge >= 0.3 is 5.97 Å². The number of ether oxygens (including phenoxy) is 1. The average Bonchev–Trinajstić information content (AvgIpc) is 3.18. The van der Waals surface area contributed by atoms with Crippen molar-refractivity contribution in [2.75, 3.05) is 13.2 Å². The number of aliphatic hydroxyl groups is 1. The molecule has 2 fully saturated rings. The lowest BCUT2D eigenvalue weighted by Crippen LogP contribution is -2.40. The van der Waals surface area contributed by atoms with Crippen molar-refractivity contribution < 1.29 is 19.4 Å². The van der Waals surface area contributed by atoms with E-state index in [0.29, 0.717) is 48.3 Å². The second-order valence-corrected chi connectivity index (χ2v) is 8.99. The quantitative estimate of drug-likeness (QED) is 0.678. The molecule has 136 valence electrons. The molecule has 3 aliphatic heterocycles. The Balaban J connectivity index is 1.73. The number of carbonyl (C=O) groups is 2. The summed E-state index contributed by atoms with van der Waals surface area (Å²) in [6.45, 7) is 5.77. The smallest absolute Gasteiger partial charge is 0.339 e. The van der Waals surface area contributed by atoms with Gasteiger partial charge in [-0.25, -0.2) is 4.79 Å². The van der Waals surface area contributed by atoms with Crippen LogP contribution in [-0.4, -0.2) is 47.0 Å². The van der Waals surface area contributed by atoms with Gasteiger partial charge in [0.2, 0.25) is 0 Å². The molecule has 1 N–H and O–H groups in total. The Hall–Kier alpha value is -1.88. The minimum atomic E-state index is -0.379. The topological polar surface area (TPSA) is 66.8 Å². The van der Waals surface area contributed by atoms with Crippen LogP contribution in [0.2, 0.25) is 0 Å². The van der Waals surface area contributed by atoms with Crippen molar-refractivity contribution in [3.8, 4) is 0 Å². The van der Waals surface area contributed by atoms with E-state index >= 15 is 0 Å². The van der Waals surface area contributed by atoms with Gasteiger partial charge in [0.25, 0.3) is 0 Å². The molecule has 6 aliphatic rings. The Kier molecular flexibility index (Phi) is 2.63. The summed E-state index contributed by atoms with van der Waals surface area (Å²) in [7, 11) is 0. The molecular weight excluding hydrogens is 330 g/mol. The zero-order valence-corrected chi connectivity index (χ0v) is 15.2. The summed E-state index contributed by atoms with van der Waals surface area (Å²) in [5.74, 6) is 0.440. The number of nitrogens with zero attached hydrogens (tertiary/aromatic N) is 1. The molecule has 5 atom stereocenters. The molecule has 0 spiro atoms. The first-order chi connectivity index (χ1) is 12.4. The largest absolute Gasteiger partial charge is 0.512 e. The van der Waals surface area contributed by atoms with Gasteiger partial charge in [-0.2, -0.15) is 0 Å². The van der Waals surface area contributed by atoms with Crippen LogP contribution < -0.4 is 0 Å². The number of hydrogen-bond acceptors (Lipinski definition) is 5. The van der Waals surface area contributed by atoms with Gasteiger partial charge in [-0.3, -0.25) is 9.69 Å². The second-order valence-electron chi connectivity index (χ2n) is 8.99. The Labute approximate surface area is 152 Å². The zero-order valence-electron chi connectivity index (χ0n) is 15.2. The molecular formula is C21H23NO4. The summed E-state index contributed by atoms with van der Waals surface area (Å²) in [6.07, 6.45) is 3.03. The number of aliphatic hydroxyl groups excluding tert-OH is 1. The van der Waals surface area contributed by atoms with Crippen LogP contribution in [0.25, 0.3) is 0 Å². The lowest BCUT2D eigenvalue weighted by molar-refractivity contribution is -0.140. The summed E-state index contributed by atoms with van der Waals surface area (Å²) in [5.41, 5.74) is 3.56. The van der Waals surface area contributed by atoms with E-state index in [1.807, 2.05) is 0 Å². The van der Waals surface area contributed by atoms with Crippen molar-refractivity contribution >= 4 is 11.8 Å². The van der Waals surface area contributed by atoms with Crippen LogP contribution in [-0.2, 0) is 14.3 Å². The van der Waals surface area contributed by atoms with Crippen LogP contribution in [0.3, 0.4) is 0 Å². The molecule has 0 aromatic heterocycles. The number of rotatable bonds is 0. The summed E-state index contributed by atoms with van der Waals surface area (Å²) in [6, 6.07) is 0.540. The van der Waals surface area contributed by atoms with E-state index in [9.17, 15) is 14.7 Å². The SMILES string of the molecule is C[C@@H]1[C@H]2CC3N1C[C@H]1CCC(O)=C4C5=C(C(=O)OCC5)C(=C4[C@@]31C)C2=O. The molecule has 2 saturated heterocycles. The van der Waals surface area contributed by atoms with Crippen LogP contribution in [0, 0.1) is 17.3 Å². The summed E-state index contributed by atoms with van der Waals surface area (Å²) in [5, 5.41) is 10.9. The fourth-order valence-electron chi connectivity index (χ4n) is 6.97. The standard InChI is InChI=1S/C21H23NO4/c1-9-12-7-14-21(2)10(8-22(9)14)3-4-13(23)15-11-5-6-26-20(25)16(11)17(18(15)21)19(12)24/h9-10,12,14,23H,3-8H2,1-2H3/t9-,10-,12-,14?,21-/m1/s1. The molecule has 0 aromatic carbocycles. The maximum absolute atomic E-state index is 13.6. The maximum atomic E-state index is 13.6. The molecule has 5 nitrogen and oxygen atoms in total. The van der Waals surface area contributed by atoms with Crippen molar-refractivity contribution in [3.63, 3.8) is 0 Å². The number of fused-ring (bicyclic) bond motifs is 3. The monoisotopic (exact) mass is 353 g/mol. The molecule has 2 bridgehead atoms. The number of hydrogen-bond donors (Lipinski definition) is 1. The highest BCUT2D eigenvalue weighted by Crippen LogP contribution is 2.65. The Morgan fingerprint density at radius 1 is 1.19 bits per heavy atom. The van der Waals surface area contributed by atoms with Gasteiger partial charge in [-0.1, -0.05) is 6.92 Å². The van der Waals surface area contributed by atoms with Crippen LogP contribution in [0.5, 0.6) is 0 Å². The van der Waals surface area contributed by atoms with E-state index in [-0.39, 0.29) is 29.1 Å². The van der Waals surface area contributed by atoms with Gasteiger partial charge in [0.1, 0.15) is 5.76 Å². The third-order valence-corrected chi connectivity index (χ3v) is 8.24. The van der Waals surface area contributed by atoms with Crippen molar-refractivity contribution in [2.24, 2.45) is 17.3 Å². The van der Waals surface area contributed by atoms with E-state index in [2.05, 4.69) is 18.7 Å². The number of ketones is 1. The first-order valence-corrected chi connectivity index (χ1v) is 9.82. The number of allylic oxidation sites excluding steroid dienone is 2. The third-order valence-electron chi connectivity index (χ3n) is 8.24. The van der Waals surface area contributed by atoms with Crippen molar-refractivity contribution in [1.82, 2.24) is 4.90 Å². The van der Waals surface area contributed by atoms with Crippen LogP contribution in [0.15, 0.2) is 33.6 Å². The molecule has 1 unspecified atom stereocenters. The second kappa shape index (κ2) is 4.50. The normalized spacial score (nSPS) is 43.8. The fraction of sp³-hybridized carbons (Fsp3) is 0.619. The molecule has 3 aliphatic carbocycles. The van der Waals surface area contributed by atoms with Crippen molar-refractivity contribution in [2.45, 2.75) is 51.6 Å². The molecule has 26 heavy (non-hydrogen) atoms. The molecule has 5 heteroatoms. The first-order valence-electron chi connectivity index (χ1n) is 9.82. The summed E-state index contributed by atoms with van der Waals surface area (Å²) < 4.78 is 5.32. The maximum Gasteiger partial charge on any atom is 0.339 e. The Bertz CT molecular complexity index is 894. The Morgan fingerprint density at radius 2 is 2.00 bits per heavy atom. The van der Waals surface area contributed by atoms with Crippen LogP contribution in [0.4, 0.5) is 0 Å². The van der Waals surface area contributed by atoms with Gasteiger partial charge in [0.05, 0.1) is 12.2 Å². The van der Waals surface area contributed by atoms with E-state index in [1.165, 1.54) is 0 Å². The minimum absolute atomic E-state index is 0.0582. The number of Topliss-reactive ketones (excluding diaryl/α,β-unsaturated/α-hetero) is 1. The number of cyclic esters (lactones) is 1. The number of carbonyl (C=O) groups excluding carboxylic acids is 2. The van der Waals surface area contributed by atoms with E-state index < -0.39 is 0 Å². The van der Waals surface area contributed by atoms with E-state index in [4.69, 9.17) is 4.74 Å². The summed E-state index contributed by atoms with van der Waals surface area (Å²) >= 11 is 0. The third kappa shape index (κ3) is 1.43. The van der Waals surface area contributed by atoms with Gasteiger partial charge in [0.15, 0.2) is 5.78 Å². The highest BCUT2D eigenvalue weighted by atomic mass is 16.5. The minimum Gasteiger partial charge on any atom is -0.512 e. The predicted octanol–water partition coefficient (Wildman–Crippen LogP) is 2.44. The molecule has 0 aromatic rings. The molecule has 6 rings (SSSR count). The van der Waals surface area contributed by atoms with E-state index in [0.717, 1.165) is 36.1 Å². The lowest BCUT2D eigenvalue weighted by atomic mass is 9.66. The first kappa shape index (κ1) is 15.2. The van der Waals surface area contributed by atoms with Crippen LogP contribution >= 0.6 is 0 Å². The van der Waals surface area contributed by atoms with Gasteiger partial charge in [-0.15, -0.1) is 0 Å². The average molecular weight is 353 g/mol. The van der Waals surface area contributed by atoms with Crippen molar-refractivity contribution in [1.29, 1.82) is 0 Å². The highest BCUT2D eigenvalue weighted by Gasteiger charge is 2.65. The molecule has 0 amide bonds. The molecule has 0 radical (unpaired) electrons. The van der Waals surface area contributed by atoms with Gasteiger partial charge in [0, 0.05) is 53.9 Å². The zero-order chi connectivity index (χ0) is 18.0. The Morgan fingerprint density at radius 3 is 2.81 bits per heavy atom. The van der Waals surface area contributed by atoms with Gasteiger partial charge < -0.3 is 9.84 Å². The molecule has 3 heterocycles. The van der Waals surface area contributed by atoms with Gasteiger partial charge in [-0.05, 0) is 36.8 Å². The highest BCUT2D eigenvalue weighted by molar-refractivity contribution is 6.16. The van der Waals surface area contributed by atoms with E-state index in [1.54, 1.807) is 0 Å². The van der Waals surface area contributed by atoms with Crippen molar-refractivity contribution in [3.05, 3.63) is 33.6 Å². The number of esters is 1. The fourth-order valence-corrected chi connectivity index (χ4v) is 6.97. The van der Waals surface area contributed by atoms with Crippen LogP contribution in [0.1, 0.15) is 39.5 Å².